The van der Waals surface area contributed by atoms with Gasteiger partial charge < -0.3 is 24.7 Å². The van der Waals surface area contributed by atoms with Gasteiger partial charge in [-0.1, -0.05) is 19.1 Å². The molecule has 1 heterocycles. The number of nitrogens with zero attached hydrogens (tertiary/aromatic N) is 2. The zero-order chi connectivity index (χ0) is 20.1. The Morgan fingerprint density at radius 2 is 1.63 bits per heavy atom. The lowest BCUT2D eigenvalue weighted by Crippen LogP contribution is -2.46. The van der Waals surface area contributed by atoms with E-state index < -0.39 is 11.9 Å². The second-order valence-electron chi connectivity index (χ2n) is 6.10. The number of carboxylic acid groups (broad SMARTS) is 2. The Morgan fingerprint density at radius 3 is 2.19 bits per heavy atom. The number of carbonyl (C=O) groups is 3. The van der Waals surface area contributed by atoms with E-state index in [1.807, 2.05) is 18.2 Å². The van der Waals surface area contributed by atoms with E-state index in [0.717, 1.165) is 32.2 Å². The number of hydrogen-bond acceptors (Lipinski definition) is 6. The Kier molecular flexibility index (Phi) is 10.7. The van der Waals surface area contributed by atoms with Crippen molar-refractivity contribution in [2.24, 2.45) is 0 Å². The van der Waals surface area contributed by atoms with Crippen molar-refractivity contribution in [3.63, 3.8) is 0 Å². The predicted octanol–water partition coefficient (Wildman–Crippen LogP) is 1.45. The first-order valence-corrected chi connectivity index (χ1v) is 9.05. The number of ether oxygens (including phenoxy) is 1. The van der Waals surface area contributed by atoms with E-state index in [4.69, 9.17) is 24.5 Å². The summed E-state index contributed by atoms with van der Waals surface area (Å²) in [5, 5.41) is 14.8. The zero-order valence-corrected chi connectivity index (χ0v) is 15.7. The second-order valence-corrected chi connectivity index (χ2v) is 6.10. The van der Waals surface area contributed by atoms with Crippen LogP contribution in [-0.4, -0.2) is 84.1 Å². The Bertz CT molecular complexity index is 588. The Balaban J connectivity index is 0.000000527. The first-order valence-electron chi connectivity index (χ1n) is 9.05. The van der Waals surface area contributed by atoms with Gasteiger partial charge in [0.05, 0.1) is 12.2 Å². The lowest BCUT2D eigenvalue weighted by molar-refractivity contribution is -0.159. The summed E-state index contributed by atoms with van der Waals surface area (Å²) in [6, 6.07) is 7.39. The van der Waals surface area contributed by atoms with Crippen molar-refractivity contribution in [2.75, 3.05) is 45.9 Å². The number of para-hydroxylation sites is 1. The number of piperazine rings is 1. The number of likely N-dealkylation sites (N-methyl/N-ethyl adjacent to an activating group) is 1. The third-order valence-corrected chi connectivity index (χ3v) is 4.27. The molecule has 0 amide bonds. The van der Waals surface area contributed by atoms with E-state index in [1.165, 1.54) is 26.2 Å². The minimum atomic E-state index is -1.82. The van der Waals surface area contributed by atoms with Gasteiger partial charge in [-0.3, -0.25) is 4.79 Å². The van der Waals surface area contributed by atoms with Crippen molar-refractivity contribution in [3.8, 4) is 5.75 Å². The fourth-order valence-corrected chi connectivity index (χ4v) is 2.66. The van der Waals surface area contributed by atoms with Crippen LogP contribution in [0, 0.1) is 0 Å². The van der Waals surface area contributed by atoms with Crippen molar-refractivity contribution in [3.05, 3.63) is 29.8 Å². The Labute approximate surface area is 159 Å². The Morgan fingerprint density at radius 1 is 1.04 bits per heavy atom. The van der Waals surface area contributed by atoms with Crippen LogP contribution in [0.2, 0.25) is 0 Å². The highest BCUT2D eigenvalue weighted by Gasteiger charge is 2.14. The highest BCUT2D eigenvalue weighted by molar-refractivity contribution is 6.27. The summed E-state index contributed by atoms with van der Waals surface area (Å²) in [5.41, 5.74) is 0.633. The van der Waals surface area contributed by atoms with Gasteiger partial charge >= 0.3 is 11.9 Å². The highest BCUT2D eigenvalue weighted by Crippen LogP contribution is 2.16. The predicted molar refractivity (Wildman–Crippen MR) is 100 cm³/mol. The van der Waals surface area contributed by atoms with Crippen LogP contribution in [0.3, 0.4) is 0 Å². The van der Waals surface area contributed by atoms with Gasteiger partial charge in [-0.05, 0) is 38.1 Å². The summed E-state index contributed by atoms with van der Waals surface area (Å²) < 4.78 is 5.69. The first kappa shape index (κ1) is 22.6. The minimum Gasteiger partial charge on any atom is -0.493 e. The Hall–Kier alpha value is -2.45. The number of aliphatic carboxylic acids is 2. The highest BCUT2D eigenvalue weighted by atomic mass is 16.5. The smallest absolute Gasteiger partial charge is 0.414 e. The lowest BCUT2D eigenvalue weighted by Gasteiger charge is -2.33. The molecule has 1 fully saturated rings. The molecule has 0 saturated carbocycles. The summed E-state index contributed by atoms with van der Waals surface area (Å²) in [6.07, 6.45) is 3.03. The average Bonchev–Trinajstić information content (AvgIpc) is 2.69. The molecule has 1 saturated heterocycles. The average molecular weight is 380 g/mol. The maximum absolute atomic E-state index is 10.9. The molecular weight excluding hydrogens is 352 g/mol. The first-order chi connectivity index (χ1) is 13.0. The van der Waals surface area contributed by atoms with E-state index in [1.54, 1.807) is 6.07 Å². The molecule has 27 heavy (non-hydrogen) atoms. The standard InChI is InChI=1S/C17H26N2O2.C2H2O4/c1-2-18-10-12-19(13-11-18)9-5-6-14-21-17-8-4-3-7-16(17)15-20;3-1(4)2(5)6/h3-4,7-8,15H,2,5-6,9-14H2,1H3;(H,3,4)(H,5,6). The summed E-state index contributed by atoms with van der Waals surface area (Å²) >= 11 is 0. The number of carboxylic acids is 2. The molecule has 0 aromatic heterocycles. The van der Waals surface area contributed by atoms with Crippen molar-refractivity contribution >= 4 is 18.2 Å². The molecule has 8 heteroatoms. The molecular formula is C19H28N2O6. The van der Waals surface area contributed by atoms with Crippen LogP contribution >= 0.6 is 0 Å². The van der Waals surface area contributed by atoms with E-state index >= 15 is 0 Å². The number of hydrogen-bond donors (Lipinski definition) is 2. The van der Waals surface area contributed by atoms with Crippen LogP contribution < -0.4 is 4.74 Å². The van der Waals surface area contributed by atoms with Crippen molar-refractivity contribution in [2.45, 2.75) is 19.8 Å². The van der Waals surface area contributed by atoms with E-state index in [2.05, 4.69) is 16.7 Å². The molecule has 2 N–H and O–H groups in total. The normalized spacial score (nSPS) is 14.7. The summed E-state index contributed by atoms with van der Waals surface area (Å²) in [7, 11) is 0. The maximum Gasteiger partial charge on any atom is 0.414 e. The summed E-state index contributed by atoms with van der Waals surface area (Å²) in [5.74, 6) is -2.95. The van der Waals surface area contributed by atoms with Crippen LogP contribution in [0.5, 0.6) is 5.75 Å². The molecule has 0 unspecified atom stereocenters. The lowest BCUT2D eigenvalue weighted by atomic mass is 10.2. The number of aldehydes is 1. The largest absolute Gasteiger partial charge is 0.493 e. The number of unbranched alkanes of at least 4 members (excludes halogenated alkanes) is 1. The molecule has 0 spiro atoms. The van der Waals surface area contributed by atoms with Gasteiger partial charge in [-0.25, -0.2) is 9.59 Å². The quantitative estimate of drug-likeness (QED) is 0.396. The third-order valence-electron chi connectivity index (χ3n) is 4.27. The fraction of sp³-hybridized carbons (Fsp3) is 0.526. The molecule has 1 aromatic carbocycles. The van der Waals surface area contributed by atoms with Crippen LogP contribution in [0.1, 0.15) is 30.1 Å². The molecule has 1 aliphatic rings. The van der Waals surface area contributed by atoms with Crippen LogP contribution in [0.15, 0.2) is 24.3 Å². The van der Waals surface area contributed by atoms with Crippen molar-refractivity contribution < 1.29 is 29.3 Å². The van der Waals surface area contributed by atoms with Crippen LogP contribution in [0.25, 0.3) is 0 Å². The SMILES string of the molecule is CCN1CCN(CCCCOc2ccccc2C=O)CC1.O=C(O)C(=O)O. The third kappa shape index (κ3) is 9.16. The summed E-state index contributed by atoms with van der Waals surface area (Å²) in [4.78, 5) is 34.1. The molecule has 2 rings (SSSR count). The molecule has 0 radical (unpaired) electrons. The molecule has 1 aliphatic heterocycles. The monoisotopic (exact) mass is 380 g/mol. The molecule has 1 aromatic rings. The van der Waals surface area contributed by atoms with Gasteiger partial charge in [0.25, 0.3) is 0 Å². The minimum absolute atomic E-state index is 0.633. The van der Waals surface area contributed by atoms with Gasteiger partial charge in [0.15, 0.2) is 6.29 Å². The van der Waals surface area contributed by atoms with E-state index in [9.17, 15) is 4.79 Å². The van der Waals surface area contributed by atoms with Gasteiger partial charge in [-0.2, -0.15) is 0 Å². The number of rotatable bonds is 8. The summed E-state index contributed by atoms with van der Waals surface area (Å²) in [6.45, 7) is 9.97. The molecule has 0 bridgehead atoms. The fourth-order valence-electron chi connectivity index (χ4n) is 2.66. The van der Waals surface area contributed by atoms with Crippen LogP contribution in [0.4, 0.5) is 0 Å². The van der Waals surface area contributed by atoms with Crippen LogP contribution in [-0.2, 0) is 9.59 Å². The van der Waals surface area contributed by atoms with E-state index in [-0.39, 0.29) is 0 Å². The number of carbonyl (C=O) groups excluding carboxylic acids is 1. The van der Waals surface area contributed by atoms with E-state index in [0.29, 0.717) is 17.9 Å². The number of benzene rings is 1. The molecule has 0 aliphatic carbocycles. The molecule has 150 valence electrons. The van der Waals surface area contributed by atoms with Crippen molar-refractivity contribution in [1.29, 1.82) is 0 Å². The zero-order valence-electron chi connectivity index (χ0n) is 15.7. The topological polar surface area (TPSA) is 107 Å². The van der Waals surface area contributed by atoms with Gasteiger partial charge in [0, 0.05) is 26.2 Å². The molecule has 0 atom stereocenters. The van der Waals surface area contributed by atoms with Gasteiger partial charge in [0.1, 0.15) is 5.75 Å². The van der Waals surface area contributed by atoms with Gasteiger partial charge in [0.2, 0.25) is 0 Å². The maximum atomic E-state index is 10.9. The van der Waals surface area contributed by atoms with Gasteiger partial charge in [-0.15, -0.1) is 0 Å². The molecule has 8 nitrogen and oxygen atoms in total. The second kappa shape index (κ2) is 12.8. The van der Waals surface area contributed by atoms with Crippen molar-refractivity contribution in [1.82, 2.24) is 9.80 Å².